The molecule has 6 nitrogen and oxygen atoms in total. The van der Waals surface area contributed by atoms with E-state index in [0.29, 0.717) is 26.1 Å². The zero-order valence-electron chi connectivity index (χ0n) is 9.93. The van der Waals surface area contributed by atoms with Gasteiger partial charge in [-0.05, 0) is 19.8 Å². The van der Waals surface area contributed by atoms with Crippen LogP contribution in [0.4, 0.5) is 4.79 Å². The Bertz CT molecular complexity index is 337. The van der Waals surface area contributed by atoms with Crippen molar-refractivity contribution in [3.05, 3.63) is 0 Å². The number of hydrogen-bond donors (Lipinski definition) is 1. The van der Waals surface area contributed by atoms with E-state index in [0.717, 1.165) is 6.42 Å². The van der Waals surface area contributed by atoms with E-state index >= 15 is 0 Å². The highest BCUT2D eigenvalue weighted by molar-refractivity contribution is 5.83. The van der Waals surface area contributed by atoms with Gasteiger partial charge in [-0.25, -0.2) is 9.59 Å². The van der Waals surface area contributed by atoms with Gasteiger partial charge in [-0.15, -0.1) is 0 Å². The van der Waals surface area contributed by atoms with Crippen molar-refractivity contribution in [2.45, 2.75) is 32.2 Å². The summed E-state index contributed by atoms with van der Waals surface area (Å²) < 4.78 is 0. The summed E-state index contributed by atoms with van der Waals surface area (Å²) in [6, 6.07) is 1.00. The number of nitrogens with zero attached hydrogens (tertiary/aromatic N) is 3. The van der Waals surface area contributed by atoms with E-state index in [2.05, 4.69) is 0 Å². The molecule has 0 spiro atoms. The van der Waals surface area contributed by atoms with Crippen LogP contribution in [-0.2, 0) is 4.79 Å². The van der Waals surface area contributed by atoms with E-state index < -0.39 is 12.0 Å². The van der Waals surface area contributed by atoms with Crippen molar-refractivity contribution in [3.8, 4) is 6.07 Å². The fourth-order valence-electron chi connectivity index (χ4n) is 2.01. The maximum atomic E-state index is 12.1. The van der Waals surface area contributed by atoms with Gasteiger partial charge in [-0.2, -0.15) is 5.26 Å². The van der Waals surface area contributed by atoms with E-state index in [9.17, 15) is 9.59 Å². The smallest absolute Gasteiger partial charge is 0.326 e. The summed E-state index contributed by atoms with van der Waals surface area (Å²) >= 11 is 0. The highest BCUT2D eigenvalue weighted by atomic mass is 16.4. The van der Waals surface area contributed by atoms with E-state index in [1.165, 1.54) is 9.80 Å². The predicted molar refractivity (Wildman–Crippen MR) is 60.2 cm³/mol. The van der Waals surface area contributed by atoms with Crippen molar-refractivity contribution in [2.75, 3.05) is 19.6 Å². The molecule has 0 aromatic rings. The van der Waals surface area contributed by atoms with Crippen LogP contribution < -0.4 is 0 Å². The molecule has 1 atom stereocenters. The van der Waals surface area contributed by atoms with Crippen molar-refractivity contribution in [1.29, 1.82) is 5.26 Å². The number of carboxylic acids is 1. The summed E-state index contributed by atoms with van der Waals surface area (Å²) in [7, 11) is 0. The lowest BCUT2D eigenvalue weighted by atomic mass is 10.2. The standard InChI is InChI=1S/C11H17N3O3/c1-2-13(7-4-6-12)11(17)14-8-3-5-9(14)10(15)16/h9H,2-5,7-8H2,1H3,(H,15,16). The number of carboxylic acid groups (broad SMARTS) is 1. The van der Waals surface area contributed by atoms with Crippen molar-refractivity contribution in [3.63, 3.8) is 0 Å². The Hall–Kier alpha value is -1.77. The van der Waals surface area contributed by atoms with Crippen LogP contribution in [0.2, 0.25) is 0 Å². The lowest BCUT2D eigenvalue weighted by Crippen LogP contribution is -2.48. The molecule has 1 rings (SSSR count). The quantitative estimate of drug-likeness (QED) is 0.789. The third-order valence-corrected chi connectivity index (χ3v) is 2.93. The first-order chi connectivity index (χ1) is 8.11. The number of nitriles is 1. The first-order valence-corrected chi connectivity index (χ1v) is 5.77. The number of amides is 2. The van der Waals surface area contributed by atoms with Crippen LogP contribution in [0.15, 0.2) is 0 Å². The van der Waals surface area contributed by atoms with Gasteiger partial charge in [0.05, 0.1) is 12.5 Å². The van der Waals surface area contributed by atoms with Crippen LogP contribution in [0, 0.1) is 11.3 Å². The molecular weight excluding hydrogens is 222 g/mol. The number of carbonyl (C=O) groups excluding carboxylic acids is 1. The van der Waals surface area contributed by atoms with Crippen LogP contribution >= 0.6 is 0 Å². The molecule has 0 bridgehead atoms. The second-order valence-electron chi connectivity index (χ2n) is 3.96. The average Bonchev–Trinajstić information content (AvgIpc) is 2.78. The Morgan fingerprint density at radius 3 is 2.82 bits per heavy atom. The highest BCUT2D eigenvalue weighted by Crippen LogP contribution is 2.19. The molecule has 1 N–H and O–H groups in total. The van der Waals surface area contributed by atoms with Crippen LogP contribution in [0.25, 0.3) is 0 Å². The van der Waals surface area contributed by atoms with Crippen molar-refractivity contribution in [2.24, 2.45) is 0 Å². The lowest BCUT2D eigenvalue weighted by Gasteiger charge is -2.29. The summed E-state index contributed by atoms with van der Waals surface area (Å²) in [6.07, 6.45) is 1.50. The third kappa shape index (κ3) is 3.09. The second kappa shape index (κ2) is 6.09. The van der Waals surface area contributed by atoms with Gasteiger partial charge >= 0.3 is 12.0 Å². The molecule has 1 aliphatic rings. The van der Waals surface area contributed by atoms with Gasteiger partial charge in [0.25, 0.3) is 0 Å². The van der Waals surface area contributed by atoms with E-state index in [-0.39, 0.29) is 12.5 Å². The molecule has 0 radical (unpaired) electrons. The topological polar surface area (TPSA) is 84.6 Å². The monoisotopic (exact) mass is 239 g/mol. The molecule has 6 heteroatoms. The molecule has 0 aromatic carbocycles. The van der Waals surface area contributed by atoms with E-state index in [1.807, 2.05) is 13.0 Å². The molecule has 2 amide bonds. The minimum absolute atomic E-state index is 0.269. The Morgan fingerprint density at radius 1 is 1.59 bits per heavy atom. The largest absolute Gasteiger partial charge is 0.480 e. The Labute approximate surface area is 100 Å². The first kappa shape index (κ1) is 13.3. The van der Waals surface area contributed by atoms with Crippen molar-refractivity contribution in [1.82, 2.24) is 9.80 Å². The molecule has 1 heterocycles. The first-order valence-electron chi connectivity index (χ1n) is 5.77. The van der Waals surface area contributed by atoms with Crippen LogP contribution in [-0.4, -0.2) is 52.6 Å². The number of aliphatic carboxylic acids is 1. The van der Waals surface area contributed by atoms with Gasteiger partial charge in [-0.1, -0.05) is 0 Å². The van der Waals surface area contributed by atoms with Crippen molar-refractivity contribution >= 4 is 12.0 Å². The Balaban J connectivity index is 2.67. The SMILES string of the molecule is CCN(CCC#N)C(=O)N1CCCC1C(=O)O. The van der Waals surface area contributed by atoms with E-state index in [4.69, 9.17) is 10.4 Å². The Morgan fingerprint density at radius 2 is 2.29 bits per heavy atom. The van der Waals surface area contributed by atoms with Gasteiger partial charge in [0, 0.05) is 19.6 Å². The maximum Gasteiger partial charge on any atom is 0.326 e. The lowest BCUT2D eigenvalue weighted by molar-refractivity contribution is -0.141. The molecular formula is C11H17N3O3. The zero-order chi connectivity index (χ0) is 12.8. The van der Waals surface area contributed by atoms with Crippen LogP contribution in [0.1, 0.15) is 26.2 Å². The van der Waals surface area contributed by atoms with Crippen molar-refractivity contribution < 1.29 is 14.7 Å². The molecule has 0 aliphatic carbocycles. The number of urea groups is 1. The number of likely N-dealkylation sites (tertiary alicyclic amines) is 1. The van der Waals surface area contributed by atoms with Gasteiger partial charge < -0.3 is 14.9 Å². The van der Waals surface area contributed by atoms with Gasteiger partial charge in [0.1, 0.15) is 6.04 Å². The minimum Gasteiger partial charge on any atom is -0.480 e. The minimum atomic E-state index is -0.952. The molecule has 1 unspecified atom stereocenters. The number of carbonyl (C=O) groups is 2. The summed E-state index contributed by atoms with van der Waals surface area (Å²) in [5, 5.41) is 17.5. The summed E-state index contributed by atoms with van der Waals surface area (Å²) in [5.74, 6) is -0.952. The van der Waals surface area contributed by atoms with E-state index in [1.54, 1.807) is 0 Å². The molecule has 1 aliphatic heterocycles. The summed E-state index contributed by atoms with van der Waals surface area (Å²) in [4.78, 5) is 26.0. The average molecular weight is 239 g/mol. The molecule has 94 valence electrons. The van der Waals surface area contributed by atoms with Gasteiger partial charge in [0.15, 0.2) is 0 Å². The molecule has 0 saturated carbocycles. The predicted octanol–water partition coefficient (Wildman–Crippen LogP) is 0.891. The highest BCUT2D eigenvalue weighted by Gasteiger charge is 2.35. The van der Waals surface area contributed by atoms with Gasteiger partial charge in [-0.3, -0.25) is 0 Å². The summed E-state index contributed by atoms with van der Waals surface area (Å²) in [6.45, 7) is 3.15. The Kier molecular flexibility index (Phi) is 4.76. The zero-order valence-corrected chi connectivity index (χ0v) is 9.93. The second-order valence-corrected chi connectivity index (χ2v) is 3.96. The fraction of sp³-hybridized carbons (Fsp3) is 0.727. The molecule has 1 fully saturated rings. The van der Waals surface area contributed by atoms with Crippen LogP contribution in [0.5, 0.6) is 0 Å². The number of hydrogen-bond acceptors (Lipinski definition) is 3. The molecule has 1 saturated heterocycles. The number of rotatable bonds is 4. The molecule has 17 heavy (non-hydrogen) atoms. The van der Waals surface area contributed by atoms with Crippen LogP contribution in [0.3, 0.4) is 0 Å². The third-order valence-electron chi connectivity index (χ3n) is 2.93. The summed E-state index contributed by atoms with van der Waals surface area (Å²) in [5.41, 5.74) is 0. The molecule has 0 aromatic heterocycles. The normalized spacial score (nSPS) is 18.8. The van der Waals surface area contributed by atoms with Gasteiger partial charge in [0.2, 0.25) is 0 Å². The fourth-order valence-corrected chi connectivity index (χ4v) is 2.01. The maximum absolute atomic E-state index is 12.1.